The molecule has 1 aromatic rings. The van der Waals surface area contributed by atoms with Crippen molar-refractivity contribution in [2.24, 2.45) is 5.73 Å². The minimum atomic E-state index is -0.792. The van der Waals surface area contributed by atoms with Crippen LogP contribution in [0, 0.1) is 0 Å². The first-order valence-corrected chi connectivity index (χ1v) is 6.84. The lowest BCUT2D eigenvalue weighted by Gasteiger charge is -2.25. The summed E-state index contributed by atoms with van der Waals surface area (Å²) in [5.41, 5.74) is 5.96. The van der Waals surface area contributed by atoms with Gasteiger partial charge < -0.3 is 15.2 Å². The fraction of sp³-hybridized carbons (Fsp3) is 0.533. The van der Waals surface area contributed by atoms with Gasteiger partial charge in [-0.3, -0.25) is 4.79 Å². The van der Waals surface area contributed by atoms with Gasteiger partial charge >= 0.3 is 0 Å². The molecular weight excluding hydrogens is 242 g/mol. The normalized spacial score (nSPS) is 14.9. The van der Waals surface area contributed by atoms with Gasteiger partial charge in [0, 0.05) is 12.0 Å². The number of Topliss-reactive ketones (excluding diaryl/α,β-unsaturated/α-hetero) is 1. The third-order valence-corrected chi connectivity index (χ3v) is 3.72. The zero-order valence-electron chi connectivity index (χ0n) is 11.6. The molecule has 0 spiro atoms. The first kappa shape index (κ1) is 13.9. The first-order chi connectivity index (χ1) is 9.10. The Morgan fingerprint density at radius 1 is 1.21 bits per heavy atom. The monoisotopic (exact) mass is 263 g/mol. The lowest BCUT2D eigenvalue weighted by molar-refractivity contribution is 0.0879. The molecule has 2 rings (SSSR count). The summed E-state index contributed by atoms with van der Waals surface area (Å²) in [5, 5.41) is 0. The van der Waals surface area contributed by atoms with E-state index in [0.29, 0.717) is 43.1 Å². The van der Waals surface area contributed by atoms with Crippen LogP contribution in [0.5, 0.6) is 11.5 Å². The summed E-state index contributed by atoms with van der Waals surface area (Å²) in [6.07, 6.45) is 2.09. The van der Waals surface area contributed by atoms with Crippen molar-refractivity contribution in [3.05, 3.63) is 23.8 Å². The van der Waals surface area contributed by atoms with Crippen molar-refractivity contribution >= 4 is 5.78 Å². The molecule has 1 heterocycles. The van der Waals surface area contributed by atoms with Crippen molar-refractivity contribution in [2.45, 2.75) is 38.6 Å². The molecule has 0 fully saturated rings. The molecule has 1 aliphatic rings. The highest BCUT2D eigenvalue weighted by molar-refractivity contribution is 6.03. The Labute approximate surface area is 113 Å². The smallest absolute Gasteiger partial charge is 0.182 e. The lowest BCUT2D eigenvalue weighted by Crippen LogP contribution is -2.46. The number of benzene rings is 1. The molecule has 2 N–H and O–H groups in total. The molecule has 104 valence electrons. The molecular formula is C15H21NO3. The maximum absolute atomic E-state index is 12.5. The van der Waals surface area contributed by atoms with Gasteiger partial charge in [-0.25, -0.2) is 0 Å². The van der Waals surface area contributed by atoms with Gasteiger partial charge in [0.05, 0.1) is 18.8 Å². The summed E-state index contributed by atoms with van der Waals surface area (Å²) in [5.74, 6) is 1.30. The van der Waals surface area contributed by atoms with E-state index in [0.717, 1.165) is 6.42 Å². The number of rotatable bonds is 4. The SMILES string of the molecule is CCC(N)(CC)C(=O)c1ccc2c(c1)OCCCO2. The van der Waals surface area contributed by atoms with E-state index in [1.54, 1.807) is 18.2 Å². The van der Waals surface area contributed by atoms with Crippen molar-refractivity contribution < 1.29 is 14.3 Å². The van der Waals surface area contributed by atoms with Crippen LogP contribution in [-0.4, -0.2) is 24.5 Å². The van der Waals surface area contributed by atoms with E-state index in [2.05, 4.69) is 0 Å². The fourth-order valence-electron chi connectivity index (χ4n) is 2.16. The molecule has 0 unspecified atom stereocenters. The van der Waals surface area contributed by atoms with E-state index in [4.69, 9.17) is 15.2 Å². The van der Waals surface area contributed by atoms with Gasteiger partial charge in [-0.2, -0.15) is 0 Å². The first-order valence-electron chi connectivity index (χ1n) is 6.84. The summed E-state index contributed by atoms with van der Waals surface area (Å²) in [6.45, 7) is 5.12. The minimum absolute atomic E-state index is 0.0341. The second kappa shape index (κ2) is 5.61. The highest BCUT2D eigenvalue weighted by Gasteiger charge is 2.31. The summed E-state index contributed by atoms with van der Waals surface area (Å²) in [4.78, 5) is 12.5. The molecule has 0 radical (unpaired) electrons. The van der Waals surface area contributed by atoms with Gasteiger partial charge in [0.15, 0.2) is 17.3 Å². The average Bonchev–Trinajstić information content (AvgIpc) is 2.70. The van der Waals surface area contributed by atoms with Gasteiger partial charge in [0.1, 0.15) is 0 Å². The summed E-state index contributed by atoms with van der Waals surface area (Å²) in [7, 11) is 0. The molecule has 0 amide bonds. The Kier molecular flexibility index (Phi) is 4.10. The van der Waals surface area contributed by atoms with Crippen molar-refractivity contribution in [3.63, 3.8) is 0 Å². The predicted molar refractivity (Wildman–Crippen MR) is 73.9 cm³/mol. The molecule has 0 aromatic heterocycles. The Bertz CT molecular complexity index is 466. The zero-order chi connectivity index (χ0) is 13.9. The number of ketones is 1. The molecule has 1 aromatic carbocycles. The van der Waals surface area contributed by atoms with E-state index in [1.165, 1.54) is 0 Å². The second-order valence-corrected chi connectivity index (χ2v) is 4.90. The number of carbonyl (C=O) groups excluding carboxylic acids is 1. The Hall–Kier alpha value is -1.55. The number of fused-ring (bicyclic) bond motifs is 1. The largest absolute Gasteiger partial charge is 0.490 e. The number of carbonyl (C=O) groups is 1. The molecule has 0 atom stereocenters. The van der Waals surface area contributed by atoms with Crippen molar-refractivity contribution in [3.8, 4) is 11.5 Å². The van der Waals surface area contributed by atoms with Gasteiger partial charge in [-0.05, 0) is 31.0 Å². The van der Waals surface area contributed by atoms with Crippen LogP contribution >= 0.6 is 0 Å². The third kappa shape index (κ3) is 2.73. The van der Waals surface area contributed by atoms with E-state index in [1.807, 2.05) is 13.8 Å². The van der Waals surface area contributed by atoms with E-state index < -0.39 is 5.54 Å². The molecule has 0 saturated carbocycles. The Morgan fingerprint density at radius 2 is 1.84 bits per heavy atom. The second-order valence-electron chi connectivity index (χ2n) is 4.90. The molecule has 0 saturated heterocycles. The molecule has 4 nitrogen and oxygen atoms in total. The van der Waals surface area contributed by atoms with Gasteiger partial charge in [-0.15, -0.1) is 0 Å². The van der Waals surface area contributed by atoms with Crippen LogP contribution in [0.4, 0.5) is 0 Å². The number of hydrogen-bond donors (Lipinski definition) is 1. The van der Waals surface area contributed by atoms with Crippen molar-refractivity contribution in [1.29, 1.82) is 0 Å². The molecule has 4 heteroatoms. The van der Waals surface area contributed by atoms with Gasteiger partial charge in [0.25, 0.3) is 0 Å². The maximum atomic E-state index is 12.5. The Balaban J connectivity index is 2.31. The highest BCUT2D eigenvalue weighted by atomic mass is 16.5. The van der Waals surface area contributed by atoms with E-state index in [-0.39, 0.29) is 5.78 Å². The zero-order valence-corrected chi connectivity index (χ0v) is 11.6. The Morgan fingerprint density at radius 3 is 2.47 bits per heavy atom. The highest BCUT2D eigenvalue weighted by Crippen LogP contribution is 2.32. The number of nitrogens with two attached hydrogens (primary N) is 1. The van der Waals surface area contributed by atoms with Crippen molar-refractivity contribution in [1.82, 2.24) is 0 Å². The molecule has 0 bridgehead atoms. The summed E-state index contributed by atoms with van der Waals surface area (Å²) >= 11 is 0. The standard InChI is InChI=1S/C15H21NO3/c1-3-15(16,4-2)14(17)11-6-7-12-13(10-11)19-9-5-8-18-12/h6-7,10H,3-5,8-9,16H2,1-2H3. The minimum Gasteiger partial charge on any atom is -0.490 e. The lowest BCUT2D eigenvalue weighted by atomic mass is 9.85. The number of hydrogen-bond acceptors (Lipinski definition) is 4. The molecule has 19 heavy (non-hydrogen) atoms. The van der Waals surface area contributed by atoms with Crippen LogP contribution in [0.25, 0.3) is 0 Å². The summed E-state index contributed by atoms with van der Waals surface area (Å²) < 4.78 is 11.2. The van der Waals surface area contributed by atoms with E-state index in [9.17, 15) is 4.79 Å². The van der Waals surface area contributed by atoms with Crippen LogP contribution in [0.15, 0.2) is 18.2 Å². The summed E-state index contributed by atoms with van der Waals surface area (Å²) in [6, 6.07) is 5.30. The quantitative estimate of drug-likeness (QED) is 0.848. The van der Waals surface area contributed by atoms with Gasteiger partial charge in [0.2, 0.25) is 0 Å². The van der Waals surface area contributed by atoms with Gasteiger partial charge in [-0.1, -0.05) is 13.8 Å². The van der Waals surface area contributed by atoms with Crippen molar-refractivity contribution in [2.75, 3.05) is 13.2 Å². The average molecular weight is 263 g/mol. The van der Waals surface area contributed by atoms with Crippen LogP contribution in [-0.2, 0) is 0 Å². The maximum Gasteiger partial charge on any atom is 0.182 e. The van der Waals surface area contributed by atoms with Crippen LogP contribution < -0.4 is 15.2 Å². The van der Waals surface area contributed by atoms with Crippen LogP contribution in [0.3, 0.4) is 0 Å². The number of ether oxygens (including phenoxy) is 2. The molecule has 1 aliphatic heterocycles. The molecule has 0 aliphatic carbocycles. The third-order valence-electron chi connectivity index (χ3n) is 3.72. The van der Waals surface area contributed by atoms with Crippen LogP contribution in [0.2, 0.25) is 0 Å². The fourth-order valence-corrected chi connectivity index (χ4v) is 2.16. The van der Waals surface area contributed by atoms with Crippen LogP contribution in [0.1, 0.15) is 43.5 Å². The predicted octanol–water partition coefficient (Wildman–Crippen LogP) is 2.55. The topological polar surface area (TPSA) is 61.6 Å². The van der Waals surface area contributed by atoms with E-state index >= 15 is 0 Å².